The maximum Gasteiger partial charge on any atom is 0.275 e. The highest BCUT2D eigenvalue weighted by Gasteiger charge is 2.16. The third-order valence-electron chi connectivity index (χ3n) is 3.35. The maximum atomic E-state index is 12.0. The summed E-state index contributed by atoms with van der Waals surface area (Å²) in [6, 6.07) is 1.56. The Morgan fingerprint density at radius 3 is 2.95 bits per heavy atom. The van der Waals surface area contributed by atoms with Gasteiger partial charge < -0.3 is 4.90 Å². The van der Waals surface area contributed by atoms with E-state index in [1.165, 1.54) is 28.7 Å². The number of aryl methyl sites for hydroxylation is 1. The highest BCUT2D eigenvalue weighted by Crippen LogP contribution is 2.20. The molecule has 2 aromatic rings. The number of aromatic nitrogens is 3. The van der Waals surface area contributed by atoms with Gasteiger partial charge in [-0.2, -0.15) is 9.61 Å². The summed E-state index contributed by atoms with van der Waals surface area (Å²) in [7, 11) is 0. The van der Waals surface area contributed by atoms with Crippen molar-refractivity contribution in [3.63, 3.8) is 0 Å². The lowest BCUT2D eigenvalue weighted by atomic mass is 10.4. The number of fused-ring (bicyclic) bond motifs is 1. The average Bonchev–Trinajstić information content (AvgIpc) is 3.13. The summed E-state index contributed by atoms with van der Waals surface area (Å²) in [6.07, 6.45) is 3.25. The standard InChI is InChI=1S/C13H16N4OS3/c1-2-10-15-17-11(18)7-9(14-12(17)21-10)8-20-13(19)16-5-3-4-6-16/h7H,2-6,8H2,1H3. The van der Waals surface area contributed by atoms with Crippen molar-refractivity contribution in [1.29, 1.82) is 0 Å². The van der Waals surface area contributed by atoms with Gasteiger partial charge in [0.25, 0.3) is 5.56 Å². The monoisotopic (exact) mass is 340 g/mol. The van der Waals surface area contributed by atoms with Gasteiger partial charge >= 0.3 is 0 Å². The Bertz CT molecular complexity index is 718. The van der Waals surface area contributed by atoms with Crippen LogP contribution in [0.3, 0.4) is 0 Å². The predicted molar refractivity (Wildman–Crippen MR) is 91.2 cm³/mol. The fourth-order valence-electron chi connectivity index (χ4n) is 2.24. The molecule has 1 aliphatic heterocycles. The van der Waals surface area contributed by atoms with E-state index in [2.05, 4.69) is 15.0 Å². The van der Waals surface area contributed by atoms with Crippen molar-refractivity contribution in [3.8, 4) is 0 Å². The molecule has 0 unspecified atom stereocenters. The van der Waals surface area contributed by atoms with E-state index in [1.54, 1.807) is 17.8 Å². The Kier molecular flexibility index (Phi) is 4.56. The number of hydrogen-bond donors (Lipinski definition) is 0. The summed E-state index contributed by atoms with van der Waals surface area (Å²) in [5, 5.41) is 5.18. The summed E-state index contributed by atoms with van der Waals surface area (Å²) < 4.78 is 2.30. The zero-order chi connectivity index (χ0) is 14.8. The molecule has 0 aliphatic carbocycles. The quantitative estimate of drug-likeness (QED) is 0.799. The van der Waals surface area contributed by atoms with Gasteiger partial charge in [0.05, 0.1) is 5.69 Å². The summed E-state index contributed by atoms with van der Waals surface area (Å²) in [4.78, 5) is 19.5. The van der Waals surface area contributed by atoms with Crippen molar-refractivity contribution in [3.05, 3.63) is 27.1 Å². The van der Waals surface area contributed by atoms with E-state index < -0.39 is 0 Å². The highest BCUT2D eigenvalue weighted by molar-refractivity contribution is 8.22. The molecule has 5 nitrogen and oxygen atoms in total. The predicted octanol–water partition coefficient (Wildman–Crippen LogP) is 2.33. The van der Waals surface area contributed by atoms with Crippen LogP contribution in [0.25, 0.3) is 4.96 Å². The molecule has 0 atom stereocenters. The second-order valence-electron chi connectivity index (χ2n) is 4.88. The highest BCUT2D eigenvalue weighted by atomic mass is 32.2. The van der Waals surface area contributed by atoms with Crippen LogP contribution in [0.1, 0.15) is 30.5 Å². The molecule has 0 spiro atoms. The number of rotatable bonds is 3. The van der Waals surface area contributed by atoms with Gasteiger partial charge in [-0.25, -0.2) is 4.98 Å². The molecule has 1 fully saturated rings. The zero-order valence-corrected chi connectivity index (χ0v) is 14.2. The molecule has 0 N–H and O–H groups in total. The number of thioether (sulfide) groups is 1. The molecule has 1 saturated heterocycles. The molecule has 0 saturated carbocycles. The van der Waals surface area contributed by atoms with Crippen LogP contribution >= 0.6 is 35.3 Å². The van der Waals surface area contributed by atoms with E-state index in [9.17, 15) is 4.79 Å². The van der Waals surface area contributed by atoms with Crippen molar-refractivity contribution in [2.75, 3.05) is 13.1 Å². The number of hydrogen-bond acceptors (Lipinski definition) is 6. The van der Waals surface area contributed by atoms with Crippen LogP contribution in [-0.4, -0.2) is 36.9 Å². The minimum absolute atomic E-state index is 0.112. The van der Waals surface area contributed by atoms with Crippen LogP contribution in [0.2, 0.25) is 0 Å². The van der Waals surface area contributed by atoms with Crippen molar-refractivity contribution in [2.45, 2.75) is 31.9 Å². The second kappa shape index (κ2) is 6.41. The molecule has 21 heavy (non-hydrogen) atoms. The first-order chi connectivity index (χ1) is 10.2. The summed E-state index contributed by atoms with van der Waals surface area (Å²) >= 11 is 8.49. The molecule has 3 rings (SSSR count). The molecular formula is C13H16N4OS3. The molecular weight excluding hydrogens is 324 g/mol. The number of likely N-dealkylation sites (tertiary alicyclic amines) is 1. The molecule has 0 bridgehead atoms. The molecule has 112 valence electrons. The van der Waals surface area contributed by atoms with E-state index in [1.807, 2.05) is 6.92 Å². The van der Waals surface area contributed by atoms with E-state index in [0.29, 0.717) is 10.7 Å². The molecule has 0 amide bonds. The van der Waals surface area contributed by atoms with Gasteiger partial charge in [0.1, 0.15) is 9.33 Å². The molecule has 0 radical (unpaired) electrons. The first-order valence-corrected chi connectivity index (χ1v) is 9.19. The van der Waals surface area contributed by atoms with E-state index >= 15 is 0 Å². The lowest BCUT2D eigenvalue weighted by molar-refractivity contribution is 0.539. The zero-order valence-electron chi connectivity index (χ0n) is 11.7. The fraction of sp³-hybridized carbons (Fsp3) is 0.538. The van der Waals surface area contributed by atoms with Gasteiger partial charge in [-0.05, 0) is 19.3 Å². The van der Waals surface area contributed by atoms with Crippen LogP contribution in [-0.2, 0) is 12.2 Å². The van der Waals surface area contributed by atoms with Gasteiger partial charge in [-0.3, -0.25) is 4.79 Å². The first-order valence-electron chi connectivity index (χ1n) is 6.97. The van der Waals surface area contributed by atoms with Crippen molar-refractivity contribution >= 4 is 44.6 Å². The Morgan fingerprint density at radius 2 is 2.24 bits per heavy atom. The average molecular weight is 340 g/mol. The Labute approximate surface area is 136 Å². The Morgan fingerprint density at radius 1 is 1.48 bits per heavy atom. The van der Waals surface area contributed by atoms with Crippen molar-refractivity contribution < 1.29 is 0 Å². The first kappa shape index (κ1) is 14.9. The van der Waals surface area contributed by atoms with Crippen LogP contribution in [0.4, 0.5) is 0 Å². The Balaban J connectivity index is 1.74. The number of thiocarbonyl (C=S) groups is 1. The van der Waals surface area contributed by atoms with Gasteiger partial charge in [-0.1, -0.05) is 42.2 Å². The molecule has 0 aromatic carbocycles. The summed E-state index contributed by atoms with van der Waals surface area (Å²) in [5.41, 5.74) is 0.663. The smallest absolute Gasteiger partial charge is 0.275 e. The molecule has 3 heterocycles. The fourth-order valence-corrected chi connectivity index (χ4v) is 4.24. The molecule has 2 aromatic heterocycles. The topological polar surface area (TPSA) is 50.5 Å². The minimum atomic E-state index is -0.112. The normalized spacial score (nSPS) is 15.0. The van der Waals surface area contributed by atoms with E-state index in [4.69, 9.17) is 12.2 Å². The van der Waals surface area contributed by atoms with Crippen LogP contribution in [0.15, 0.2) is 10.9 Å². The van der Waals surface area contributed by atoms with Gasteiger partial charge in [0, 0.05) is 24.9 Å². The van der Waals surface area contributed by atoms with Crippen molar-refractivity contribution in [1.82, 2.24) is 19.5 Å². The Hall–Kier alpha value is -0.990. The van der Waals surface area contributed by atoms with Crippen LogP contribution in [0, 0.1) is 0 Å². The van der Waals surface area contributed by atoms with Crippen molar-refractivity contribution in [2.24, 2.45) is 0 Å². The summed E-state index contributed by atoms with van der Waals surface area (Å²) in [5.74, 6) is 0.639. The van der Waals surface area contributed by atoms with E-state index in [0.717, 1.165) is 34.5 Å². The number of nitrogens with zero attached hydrogens (tertiary/aromatic N) is 4. The van der Waals surface area contributed by atoms with Gasteiger partial charge in [0.15, 0.2) is 0 Å². The maximum absolute atomic E-state index is 12.0. The lowest BCUT2D eigenvalue weighted by Gasteiger charge is -2.17. The third kappa shape index (κ3) is 3.27. The summed E-state index contributed by atoms with van der Waals surface area (Å²) in [6.45, 7) is 4.12. The lowest BCUT2D eigenvalue weighted by Crippen LogP contribution is -2.23. The van der Waals surface area contributed by atoms with Crippen LogP contribution < -0.4 is 5.56 Å². The minimum Gasteiger partial charge on any atom is -0.358 e. The van der Waals surface area contributed by atoms with E-state index in [-0.39, 0.29) is 5.56 Å². The molecule has 1 aliphatic rings. The van der Waals surface area contributed by atoms with Gasteiger partial charge in [0.2, 0.25) is 4.96 Å². The third-order valence-corrected chi connectivity index (χ3v) is 5.96. The second-order valence-corrected chi connectivity index (χ2v) is 7.53. The van der Waals surface area contributed by atoms with Crippen LogP contribution in [0.5, 0.6) is 0 Å². The molecule has 8 heteroatoms. The van der Waals surface area contributed by atoms with Gasteiger partial charge in [-0.15, -0.1) is 0 Å². The SMILES string of the molecule is CCc1nn2c(=O)cc(CSC(=S)N3CCCC3)nc2s1. The largest absolute Gasteiger partial charge is 0.358 e.